The highest BCUT2D eigenvalue weighted by Crippen LogP contribution is 2.19. The van der Waals surface area contributed by atoms with Crippen molar-refractivity contribution in [2.75, 3.05) is 12.4 Å². The van der Waals surface area contributed by atoms with Gasteiger partial charge in [0.05, 0.1) is 24.0 Å². The van der Waals surface area contributed by atoms with Crippen LogP contribution in [0.15, 0.2) is 36.7 Å². The van der Waals surface area contributed by atoms with Crippen molar-refractivity contribution >= 4 is 5.82 Å². The van der Waals surface area contributed by atoms with Crippen LogP contribution in [-0.2, 0) is 0 Å². The molecule has 0 saturated heterocycles. The fourth-order valence-electron chi connectivity index (χ4n) is 1.24. The maximum atomic E-state index is 8.67. The first kappa shape index (κ1) is 10.9. The Kier molecular flexibility index (Phi) is 3.17. The first-order valence-electron chi connectivity index (χ1n) is 4.99. The van der Waals surface area contributed by atoms with E-state index in [0.29, 0.717) is 23.0 Å². The molecular weight excluding hydrogens is 216 g/mol. The van der Waals surface area contributed by atoms with Gasteiger partial charge in [0.15, 0.2) is 0 Å². The average molecular weight is 226 g/mol. The lowest BCUT2D eigenvalue weighted by Gasteiger charge is -2.05. The molecule has 0 bridgehead atoms. The molecule has 0 aliphatic rings. The molecule has 0 atom stereocenters. The summed E-state index contributed by atoms with van der Waals surface area (Å²) in [6.45, 7) is 0. The van der Waals surface area contributed by atoms with Gasteiger partial charge < -0.3 is 10.1 Å². The molecule has 84 valence electrons. The van der Waals surface area contributed by atoms with Gasteiger partial charge >= 0.3 is 0 Å². The van der Waals surface area contributed by atoms with Gasteiger partial charge in [0.2, 0.25) is 5.88 Å². The van der Waals surface area contributed by atoms with Gasteiger partial charge in [-0.2, -0.15) is 10.2 Å². The van der Waals surface area contributed by atoms with E-state index in [0.717, 1.165) is 0 Å². The Labute approximate surface area is 98.7 Å². The number of nitriles is 1. The molecule has 0 saturated carbocycles. The first-order chi connectivity index (χ1) is 8.31. The fourth-order valence-corrected chi connectivity index (χ4v) is 1.24. The van der Waals surface area contributed by atoms with Crippen LogP contribution < -0.4 is 10.1 Å². The standard InChI is InChI=1S/C12H10N4O/c1-14-11-7-15-8-12(16-11)17-10-4-2-9(6-13)3-5-10/h2-5,7-8H,1H3,(H,14,16). The van der Waals surface area contributed by atoms with Gasteiger partial charge in [-0.3, -0.25) is 4.98 Å². The van der Waals surface area contributed by atoms with E-state index in [-0.39, 0.29) is 0 Å². The maximum Gasteiger partial charge on any atom is 0.239 e. The van der Waals surface area contributed by atoms with E-state index in [4.69, 9.17) is 10.00 Å². The van der Waals surface area contributed by atoms with Crippen molar-refractivity contribution in [3.8, 4) is 17.7 Å². The molecule has 0 aliphatic heterocycles. The highest BCUT2D eigenvalue weighted by Gasteiger charge is 2.00. The number of benzene rings is 1. The van der Waals surface area contributed by atoms with Crippen molar-refractivity contribution in [2.45, 2.75) is 0 Å². The summed E-state index contributed by atoms with van der Waals surface area (Å²) < 4.78 is 5.50. The summed E-state index contributed by atoms with van der Waals surface area (Å²) >= 11 is 0. The highest BCUT2D eigenvalue weighted by molar-refractivity contribution is 5.37. The molecule has 0 radical (unpaired) electrons. The zero-order valence-corrected chi connectivity index (χ0v) is 9.21. The van der Waals surface area contributed by atoms with Crippen LogP contribution in [0.3, 0.4) is 0 Å². The third-order valence-electron chi connectivity index (χ3n) is 2.07. The lowest BCUT2D eigenvalue weighted by molar-refractivity contribution is 0.461. The van der Waals surface area contributed by atoms with Crippen LogP contribution in [0.4, 0.5) is 5.82 Å². The average Bonchev–Trinajstić information content (AvgIpc) is 2.40. The zero-order valence-electron chi connectivity index (χ0n) is 9.21. The molecule has 0 unspecified atom stereocenters. The molecule has 1 aromatic heterocycles. The van der Waals surface area contributed by atoms with Crippen LogP contribution in [0.25, 0.3) is 0 Å². The maximum absolute atomic E-state index is 8.67. The Morgan fingerprint density at radius 1 is 1.24 bits per heavy atom. The quantitative estimate of drug-likeness (QED) is 0.868. The lowest BCUT2D eigenvalue weighted by Crippen LogP contribution is -1.95. The Hall–Kier alpha value is -2.61. The van der Waals surface area contributed by atoms with Crippen LogP contribution in [0.2, 0.25) is 0 Å². The van der Waals surface area contributed by atoms with Crippen molar-refractivity contribution in [1.29, 1.82) is 5.26 Å². The third-order valence-corrected chi connectivity index (χ3v) is 2.07. The number of anilines is 1. The van der Waals surface area contributed by atoms with Gasteiger partial charge in [-0.15, -0.1) is 0 Å². The van der Waals surface area contributed by atoms with Crippen molar-refractivity contribution in [3.05, 3.63) is 42.2 Å². The number of aromatic nitrogens is 2. The number of nitrogens with one attached hydrogen (secondary N) is 1. The predicted molar refractivity (Wildman–Crippen MR) is 62.8 cm³/mol. The second kappa shape index (κ2) is 4.94. The third kappa shape index (κ3) is 2.69. The van der Waals surface area contributed by atoms with Gasteiger partial charge in [0.25, 0.3) is 0 Å². The molecule has 2 aromatic rings. The SMILES string of the molecule is CNc1cncc(Oc2ccc(C#N)cc2)n1. The van der Waals surface area contributed by atoms with Crippen molar-refractivity contribution in [2.24, 2.45) is 0 Å². The minimum absolute atomic E-state index is 0.404. The first-order valence-corrected chi connectivity index (χ1v) is 4.99. The molecule has 0 amide bonds. The van der Waals surface area contributed by atoms with Crippen LogP contribution >= 0.6 is 0 Å². The summed E-state index contributed by atoms with van der Waals surface area (Å²) in [4.78, 5) is 8.15. The van der Waals surface area contributed by atoms with E-state index < -0.39 is 0 Å². The Bertz CT molecular complexity index is 545. The normalized spacial score (nSPS) is 9.41. The van der Waals surface area contributed by atoms with Crippen molar-refractivity contribution in [1.82, 2.24) is 9.97 Å². The molecule has 17 heavy (non-hydrogen) atoms. The molecule has 5 nitrogen and oxygen atoms in total. The molecule has 2 rings (SSSR count). The number of hydrogen-bond donors (Lipinski definition) is 1. The Morgan fingerprint density at radius 3 is 2.65 bits per heavy atom. The minimum atomic E-state index is 0.404. The topological polar surface area (TPSA) is 70.8 Å². The van der Waals surface area contributed by atoms with E-state index in [2.05, 4.69) is 15.3 Å². The molecule has 0 fully saturated rings. The predicted octanol–water partition coefficient (Wildman–Crippen LogP) is 2.18. The number of rotatable bonds is 3. The van der Waals surface area contributed by atoms with Crippen LogP contribution in [-0.4, -0.2) is 17.0 Å². The number of hydrogen-bond acceptors (Lipinski definition) is 5. The van der Waals surface area contributed by atoms with E-state index in [1.165, 1.54) is 6.20 Å². The smallest absolute Gasteiger partial charge is 0.239 e. The fraction of sp³-hybridized carbons (Fsp3) is 0.0833. The molecular formula is C12H10N4O. The summed E-state index contributed by atoms with van der Waals surface area (Å²) in [5, 5.41) is 11.5. The summed E-state index contributed by atoms with van der Waals surface area (Å²) in [6, 6.07) is 8.84. The second-order valence-electron chi connectivity index (χ2n) is 3.23. The molecule has 0 aliphatic carbocycles. The Balaban J connectivity index is 2.16. The van der Waals surface area contributed by atoms with Crippen molar-refractivity contribution in [3.63, 3.8) is 0 Å². The lowest BCUT2D eigenvalue weighted by atomic mass is 10.2. The van der Waals surface area contributed by atoms with Gasteiger partial charge in [0, 0.05) is 7.05 Å². The Morgan fingerprint density at radius 2 is 2.00 bits per heavy atom. The van der Waals surface area contributed by atoms with E-state index in [9.17, 15) is 0 Å². The van der Waals surface area contributed by atoms with Crippen LogP contribution in [0.5, 0.6) is 11.6 Å². The van der Waals surface area contributed by atoms with Gasteiger partial charge in [-0.05, 0) is 24.3 Å². The molecule has 1 heterocycles. The van der Waals surface area contributed by atoms with Crippen molar-refractivity contribution < 1.29 is 4.74 Å². The minimum Gasteiger partial charge on any atom is -0.437 e. The molecule has 0 spiro atoms. The van der Waals surface area contributed by atoms with Gasteiger partial charge in [-0.1, -0.05) is 0 Å². The molecule has 1 N–H and O–H groups in total. The summed E-state index contributed by atoms with van der Waals surface area (Å²) in [6.07, 6.45) is 3.13. The second-order valence-corrected chi connectivity index (χ2v) is 3.23. The summed E-state index contributed by atoms with van der Waals surface area (Å²) in [7, 11) is 1.76. The zero-order chi connectivity index (χ0) is 12.1. The van der Waals surface area contributed by atoms with Crippen LogP contribution in [0, 0.1) is 11.3 Å². The summed E-state index contributed by atoms with van der Waals surface area (Å²) in [5.41, 5.74) is 0.590. The monoisotopic (exact) mass is 226 g/mol. The highest BCUT2D eigenvalue weighted by atomic mass is 16.5. The molecule has 1 aromatic carbocycles. The number of ether oxygens (including phenoxy) is 1. The van der Waals surface area contributed by atoms with E-state index >= 15 is 0 Å². The van der Waals surface area contributed by atoms with E-state index in [1.54, 1.807) is 37.5 Å². The van der Waals surface area contributed by atoms with Gasteiger partial charge in [-0.25, -0.2) is 0 Å². The largest absolute Gasteiger partial charge is 0.437 e. The number of nitrogens with zero attached hydrogens (tertiary/aromatic N) is 3. The van der Waals surface area contributed by atoms with Gasteiger partial charge in [0.1, 0.15) is 11.6 Å². The van der Waals surface area contributed by atoms with E-state index in [1.807, 2.05) is 6.07 Å². The van der Waals surface area contributed by atoms with Crippen LogP contribution in [0.1, 0.15) is 5.56 Å². The molecule has 5 heteroatoms. The summed E-state index contributed by atoms with van der Waals surface area (Å²) in [5.74, 6) is 1.66.